The third-order valence-electron chi connectivity index (χ3n) is 4.03. The highest BCUT2D eigenvalue weighted by atomic mass is 16.2. The highest BCUT2D eigenvalue weighted by molar-refractivity contribution is 5.95. The maximum Gasteiger partial charge on any atom is 0.253 e. The molecule has 116 valence electrons. The van der Waals surface area contributed by atoms with Gasteiger partial charge in [0, 0.05) is 24.2 Å². The molecular weight excluding hydrogens is 278 g/mol. The van der Waals surface area contributed by atoms with E-state index >= 15 is 0 Å². The largest absolute Gasteiger partial charge is 0.338 e. The van der Waals surface area contributed by atoms with Crippen molar-refractivity contribution in [2.75, 3.05) is 26.7 Å². The number of hydrogen-bond acceptors (Lipinski definition) is 4. The minimum Gasteiger partial charge on any atom is -0.338 e. The zero-order valence-electron chi connectivity index (χ0n) is 13.0. The number of nitrogens with one attached hydrogen (secondary N) is 2. The van der Waals surface area contributed by atoms with Crippen molar-refractivity contribution in [3.63, 3.8) is 0 Å². The van der Waals surface area contributed by atoms with Crippen LogP contribution in [0.1, 0.15) is 22.6 Å². The summed E-state index contributed by atoms with van der Waals surface area (Å²) >= 11 is 0. The van der Waals surface area contributed by atoms with E-state index in [0.717, 1.165) is 37.4 Å². The molecule has 1 aromatic heterocycles. The van der Waals surface area contributed by atoms with E-state index in [0.29, 0.717) is 17.3 Å². The van der Waals surface area contributed by atoms with Crippen LogP contribution in [-0.4, -0.2) is 52.7 Å². The Morgan fingerprint density at radius 2 is 2.36 bits per heavy atom. The highest BCUT2D eigenvalue weighted by Crippen LogP contribution is 2.21. The van der Waals surface area contributed by atoms with E-state index in [1.54, 1.807) is 0 Å². The third kappa shape index (κ3) is 3.01. The van der Waals surface area contributed by atoms with Crippen molar-refractivity contribution >= 4 is 5.91 Å². The molecule has 22 heavy (non-hydrogen) atoms. The SMILES string of the molecule is CNC[C@H]1CCN(C(=O)c2cccc(-c3n[nH]c(C)n3)c2)C1. The van der Waals surface area contributed by atoms with E-state index in [9.17, 15) is 4.79 Å². The molecule has 0 radical (unpaired) electrons. The number of carbonyl (C=O) groups is 1. The number of hydrogen-bond donors (Lipinski definition) is 2. The number of likely N-dealkylation sites (tertiary alicyclic amines) is 1. The van der Waals surface area contributed by atoms with Gasteiger partial charge < -0.3 is 10.2 Å². The van der Waals surface area contributed by atoms with Crippen LogP contribution in [0, 0.1) is 12.8 Å². The molecule has 2 aromatic rings. The van der Waals surface area contributed by atoms with Gasteiger partial charge in [-0.1, -0.05) is 12.1 Å². The minimum atomic E-state index is 0.0905. The van der Waals surface area contributed by atoms with Gasteiger partial charge in [0.15, 0.2) is 5.82 Å². The summed E-state index contributed by atoms with van der Waals surface area (Å²) in [5, 5.41) is 10.2. The fraction of sp³-hybridized carbons (Fsp3) is 0.438. The molecule has 1 aromatic carbocycles. The van der Waals surface area contributed by atoms with Crippen LogP contribution in [0.2, 0.25) is 0 Å². The van der Waals surface area contributed by atoms with Crippen LogP contribution in [0.15, 0.2) is 24.3 Å². The van der Waals surface area contributed by atoms with E-state index in [4.69, 9.17) is 0 Å². The lowest BCUT2D eigenvalue weighted by Crippen LogP contribution is -2.30. The predicted octanol–water partition coefficient (Wildman–Crippen LogP) is 1.46. The van der Waals surface area contributed by atoms with Gasteiger partial charge in [0.2, 0.25) is 0 Å². The first-order valence-corrected chi connectivity index (χ1v) is 7.60. The van der Waals surface area contributed by atoms with Gasteiger partial charge in [0.1, 0.15) is 5.82 Å². The van der Waals surface area contributed by atoms with E-state index in [1.807, 2.05) is 43.1 Å². The summed E-state index contributed by atoms with van der Waals surface area (Å²) in [7, 11) is 1.95. The van der Waals surface area contributed by atoms with Crippen LogP contribution in [-0.2, 0) is 0 Å². The minimum absolute atomic E-state index is 0.0905. The Kier molecular flexibility index (Phi) is 4.20. The average molecular weight is 299 g/mol. The number of aryl methyl sites for hydroxylation is 1. The van der Waals surface area contributed by atoms with Crippen LogP contribution >= 0.6 is 0 Å². The summed E-state index contributed by atoms with van der Waals surface area (Å²) in [6.07, 6.45) is 1.06. The Labute approximate surface area is 129 Å². The van der Waals surface area contributed by atoms with Crippen LogP contribution in [0.3, 0.4) is 0 Å². The highest BCUT2D eigenvalue weighted by Gasteiger charge is 2.26. The number of H-pyrrole nitrogens is 1. The molecule has 1 aliphatic rings. The number of carbonyl (C=O) groups excluding carboxylic acids is 1. The molecule has 0 bridgehead atoms. The summed E-state index contributed by atoms with van der Waals surface area (Å²) in [6.45, 7) is 4.47. The molecule has 1 saturated heterocycles. The Bertz CT molecular complexity index is 666. The Balaban J connectivity index is 1.76. The molecule has 0 spiro atoms. The van der Waals surface area contributed by atoms with Crippen LogP contribution in [0.5, 0.6) is 0 Å². The molecule has 0 aliphatic carbocycles. The van der Waals surface area contributed by atoms with Crippen molar-refractivity contribution in [2.45, 2.75) is 13.3 Å². The Hall–Kier alpha value is -2.21. The smallest absolute Gasteiger partial charge is 0.253 e. The van der Waals surface area contributed by atoms with Gasteiger partial charge in [-0.05, 0) is 45.0 Å². The molecule has 2 N–H and O–H groups in total. The number of aromatic amines is 1. The van der Waals surface area contributed by atoms with Gasteiger partial charge in [-0.3, -0.25) is 9.89 Å². The van der Waals surface area contributed by atoms with Crippen molar-refractivity contribution in [1.82, 2.24) is 25.4 Å². The van der Waals surface area contributed by atoms with Crippen molar-refractivity contribution in [3.05, 3.63) is 35.7 Å². The van der Waals surface area contributed by atoms with Crippen LogP contribution in [0.4, 0.5) is 0 Å². The zero-order valence-corrected chi connectivity index (χ0v) is 13.0. The van der Waals surface area contributed by atoms with Gasteiger partial charge in [0.05, 0.1) is 0 Å². The first-order chi connectivity index (χ1) is 10.7. The van der Waals surface area contributed by atoms with Gasteiger partial charge in [-0.25, -0.2) is 4.98 Å². The maximum absolute atomic E-state index is 12.6. The fourth-order valence-electron chi connectivity index (χ4n) is 2.92. The standard InChI is InChI=1S/C16H21N5O/c1-11-18-15(20-19-11)13-4-3-5-14(8-13)16(22)21-7-6-12(10-21)9-17-2/h3-5,8,12,17H,6-7,9-10H2,1-2H3,(H,18,19,20)/t12-/m1/s1. The second-order valence-electron chi connectivity index (χ2n) is 5.79. The molecule has 6 nitrogen and oxygen atoms in total. The lowest BCUT2D eigenvalue weighted by atomic mass is 10.1. The quantitative estimate of drug-likeness (QED) is 0.896. The van der Waals surface area contributed by atoms with E-state index < -0.39 is 0 Å². The molecule has 6 heteroatoms. The number of amides is 1. The fourth-order valence-corrected chi connectivity index (χ4v) is 2.92. The van der Waals surface area contributed by atoms with Crippen molar-refractivity contribution < 1.29 is 4.79 Å². The third-order valence-corrected chi connectivity index (χ3v) is 4.03. The first kappa shape index (κ1) is 14.7. The molecule has 0 saturated carbocycles. The van der Waals surface area contributed by atoms with Gasteiger partial charge in [0.25, 0.3) is 5.91 Å². The van der Waals surface area contributed by atoms with Crippen molar-refractivity contribution in [1.29, 1.82) is 0 Å². The number of benzene rings is 1. The number of rotatable bonds is 4. The topological polar surface area (TPSA) is 73.9 Å². The molecule has 1 atom stereocenters. The summed E-state index contributed by atoms with van der Waals surface area (Å²) in [4.78, 5) is 18.9. The maximum atomic E-state index is 12.6. The zero-order chi connectivity index (χ0) is 15.5. The Morgan fingerprint density at radius 1 is 1.50 bits per heavy atom. The van der Waals surface area contributed by atoms with Crippen molar-refractivity contribution in [2.24, 2.45) is 5.92 Å². The van der Waals surface area contributed by atoms with E-state index in [-0.39, 0.29) is 5.91 Å². The van der Waals surface area contributed by atoms with E-state index in [2.05, 4.69) is 20.5 Å². The molecule has 1 aliphatic heterocycles. The Morgan fingerprint density at radius 3 is 3.09 bits per heavy atom. The second kappa shape index (κ2) is 6.27. The lowest BCUT2D eigenvalue weighted by molar-refractivity contribution is 0.0787. The number of aromatic nitrogens is 3. The number of nitrogens with zero attached hydrogens (tertiary/aromatic N) is 3. The van der Waals surface area contributed by atoms with Gasteiger partial charge >= 0.3 is 0 Å². The summed E-state index contributed by atoms with van der Waals surface area (Å²) in [5.41, 5.74) is 1.56. The monoisotopic (exact) mass is 299 g/mol. The summed E-state index contributed by atoms with van der Waals surface area (Å²) < 4.78 is 0. The van der Waals surface area contributed by atoms with Crippen LogP contribution < -0.4 is 5.32 Å². The summed E-state index contributed by atoms with van der Waals surface area (Å²) in [5.74, 6) is 2.03. The first-order valence-electron chi connectivity index (χ1n) is 7.60. The van der Waals surface area contributed by atoms with Gasteiger partial charge in [-0.2, -0.15) is 5.10 Å². The molecule has 0 unspecified atom stereocenters. The average Bonchev–Trinajstić information content (AvgIpc) is 3.16. The second-order valence-corrected chi connectivity index (χ2v) is 5.79. The van der Waals surface area contributed by atoms with Gasteiger partial charge in [-0.15, -0.1) is 0 Å². The van der Waals surface area contributed by atoms with E-state index in [1.165, 1.54) is 0 Å². The molecule has 1 fully saturated rings. The summed E-state index contributed by atoms with van der Waals surface area (Å²) in [6, 6.07) is 7.54. The normalized spacial score (nSPS) is 17.9. The molecule has 2 heterocycles. The molecule has 3 rings (SSSR count). The predicted molar refractivity (Wildman–Crippen MR) is 84.5 cm³/mol. The lowest BCUT2D eigenvalue weighted by Gasteiger charge is -2.17. The molecular formula is C16H21N5O. The molecule has 1 amide bonds. The van der Waals surface area contributed by atoms with Crippen LogP contribution in [0.25, 0.3) is 11.4 Å². The van der Waals surface area contributed by atoms with Crippen molar-refractivity contribution in [3.8, 4) is 11.4 Å².